The van der Waals surface area contributed by atoms with Gasteiger partial charge in [-0.2, -0.15) is 0 Å². The molecule has 2 aromatic rings. The number of rotatable bonds is 3. The number of pyridine rings is 1. The van der Waals surface area contributed by atoms with Gasteiger partial charge in [0.05, 0.1) is 18.3 Å². The highest BCUT2D eigenvalue weighted by molar-refractivity contribution is 9.10. The topological polar surface area (TPSA) is 53.5 Å². The van der Waals surface area contributed by atoms with E-state index in [2.05, 4.69) is 20.9 Å². The Morgan fingerprint density at radius 2 is 1.96 bits per heavy atom. The molecule has 2 heterocycles. The highest BCUT2D eigenvalue weighted by atomic mass is 79.9. The fourth-order valence-electron chi connectivity index (χ4n) is 2.56. The lowest BCUT2D eigenvalue weighted by Crippen LogP contribution is -2.52. The van der Waals surface area contributed by atoms with Crippen LogP contribution in [0.5, 0.6) is 0 Å². The SMILES string of the molecule is O=C(Cc1ccc(Br)cc1)N1CCN(c2cccnc2)C(=O)C1. The van der Waals surface area contributed by atoms with Crippen LogP contribution in [0.4, 0.5) is 5.69 Å². The first-order chi connectivity index (χ1) is 11.1. The Hall–Kier alpha value is -2.21. The fourth-order valence-corrected chi connectivity index (χ4v) is 2.83. The molecule has 1 aromatic carbocycles. The largest absolute Gasteiger partial charge is 0.331 e. The van der Waals surface area contributed by atoms with Crippen molar-refractivity contribution in [2.75, 3.05) is 24.5 Å². The van der Waals surface area contributed by atoms with E-state index in [-0.39, 0.29) is 18.4 Å². The van der Waals surface area contributed by atoms with Crippen LogP contribution in [0.2, 0.25) is 0 Å². The average Bonchev–Trinajstić information content (AvgIpc) is 2.57. The van der Waals surface area contributed by atoms with Crippen LogP contribution in [0, 0.1) is 0 Å². The first kappa shape index (κ1) is 15.7. The molecular formula is C17H16BrN3O2. The van der Waals surface area contributed by atoms with E-state index >= 15 is 0 Å². The molecule has 0 bridgehead atoms. The van der Waals surface area contributed by atoms with Crippen molar-refractivity contribution in [1.29, 1.82) is 0 Å². The molecule has 0 saturated carbocycles. The maximum Gasteiger partial charge on any atom is 0.246 e. The molecule has 6 heteroatoms. The summed E-state index contributed by atoms with van der Waals surface area (Å²) < 4.78 is 0.981. The van der Waals surface area contributed by atoms with Gasteiger partial charge >= 0.3 is 0 Å². The maximum atomic E-state index is 12.4. The molecule has 0 unspecified atom stereocenters. The van der Waals surface area contributed by atoms with Crippen LogP contribution >= 0.6 is 15.9 Å². The van der Waals surface area contributed by atoms with E-state index in [1.54, 1.807) is 28.3 Å². The van der Waals surface area contributed by atoms with Crippen LogP contribution < -0.4 is 4.90 Å². The number of piperazine rings is 1. The summed E-state index contributed by atoms with van der Waals surface area (Å²) in [6.07, 6.45) is 3.65. The molecular weight excluding hydrogens is 358 g/mol. The number of carbonyl (C=O) groups is 2. The minimum Gasteiger partial charge on any atom is -0.331 e. The van der Waals surface area contributed by atoms with Crippen LogP contribution in [0.25, 0.3) is 0 Å². The molecule has 0 spiro atoms. The van der Waals surface area contributed by atoms with E-state index in [9.17, 15) is 9.59 Å². The molecule has 1 aromatic heterocycles. The summed E-state index contributed by atoms with van der Waals surface area (Å²) in [5.41, 5.74) is 1.72. The second-order valence-corrected chi connectivity index (χ2v) is 6.29. The molecule has 3 rings (SSSR count). The molecule has 0 N–H and O–H groups in total. The van der Waals surface area contributed by atoms with Gasteiger partial charge < -0.3 is 9.80 Å². The molecule has 2 amide bonds. The van der Waals surface area contributed by atoms with Crippen LogP contribution in [-0.4, -0.2) is 41.3 Å². The van der Waals surface area contributed by atoms with Gasteiger partial charge in [-0.15, -0.1) is 0 Å². The Bertz CT molecular complexity index is 704. The fraction of sp³-hybridized carbons (Fsp3) is 0.235. The third-order valence-electron chi connectivity index (χ3n) is 3.80. The van der Waals surface area contributed by atoms with Gasteiger partial charge in [-0.25, -0.2) is 0 Å². The number of benzene rings is 1. The van der Waals surface area contributed by atoms with Crippen molar-refractivity contribution in [3.8, 4) is 0 Å². The zero-order valence-electron chi connectivity index (χ0n) is 12.5. The Morgan fingerprint density at radius 1 is 1.17 bits per heavy atom. The summed E-state index contributed by atoms with van der Waals surface area (Å²) in [7, 11) is 0. The number of hydrogen-bond donors (Lipinski definition) is 0. The molecule has 5 nitrogen and oxygen atoms in total. The monoisotopic (exact) mass is 373 g/mol. The predicted octanol–water partition coefficient (Wildman–Crippen LogP) is 2.26. The number of halogens is 1. The average molecular weight is 374 g/mol. The standard InChI is InChI=1S/C17H16BrN3O2/c18-14-5-3-13(4-6-14)10-16(22)20-8-9-21(17(23)12-20)15-2-1-7-19-11-15/h1-7,11H,8-10,12H2. The normalized spacial score (nSPS) is 14.9. The van der Waals surface area contributed by atoms with Crippen LogP contribution in [-0.2, 0) is 16.0 Å². The van der Waals surface area contributed by atoms with Gasteiger partial charge in [0.2, 0.25) is 11.8 Å². The summed E-state index contributed by atoms with van der Waals surface area (Å²) in [5.74, 6) is -0.0973. The van der Waals surface area contributed by atoms with Crippen molar-refractivity contribution in [2.45, 2.75) is 6.42 Å². The minimum absolute atomic E-state index is 0.0218. The lowest BCUT2D eigenvalue weighted by Gasteiger charge is -2.34. The van der Waals surface area contributed by atoms with Crippen LogP contribution in [0.1, 0.15) is 5.56 Å². The number of hydrogen-bond acceptors (Lipinski definition) is 3. The molecule has 1 aliphatic rings. The van der Waals surface area contributed by atoms with Gasteiger partial charge in [0.25, 0.3) is 0 Å². The van der Waals surface area contributed by atoms with Gasteiger partial charge in [-0.1, -0.05) is 28.1 Å². The van der Waals surface area contributed by atoms with Crippen LogP contribution in [0.3, 0.4) is 0 Å². The molecule has 1 fully saturated rings. The highest BCUT2D eigenvalue weighted by Gasteiger charge is 2.27. The second-order valence-electron chi connectivity index (χ2n) is 5.38. The first-order valence-electron chi connectivity index (χ1n) is 7.36. The third-order valence-corrected chi connectivity index (χ3v) is 4.33. The third kappa shape index (κ3) is 3.76. The first-order valence-corrected chi connectivity index (χ1v) is 8.15. The van der Waals surface area contributed by atoms with Gasteiger partial charge in [-0.05, 0) is 29.8 Å². The summed E-state index contributed by atoms with van der Waals surface area (Å²) >= 11 is 3.37. The predicted molar refractivity (Wildman–Crippen MR) is 91.0 cm³/mol. The summed E-state index contributed by atoms with van der Waals surface area (Å²) in [5, 5.41) is 0. The van der Waals surface area contributed by atoms with Crippen molar-refractivity contribution in [2.24, 2.45) is 0 Å². The number of amides is 2. The van der Waals surface area contributed by atoms with Gasteiger partial charge in [0.15, 0.2) is 0 Å². The Morgan fingerprint density at radius 3 is 2.61 bits per heavy atom. The number of aromatic nitrogens is 1. The van der Waals surface area contributed by atoms with E-state index in [0.717, 1.165) is 15.7 Å². The van der Waals surface area contributed by atoms with Crippen LogP contribution in [0.15, 0.2) is 53.3 Å². The Labute approximate surface area is 143 Å². The van der Waals surface area contributed by atoms with Crippen molar-refractivity contribution >= 4 is 33.4 Å². The summed E-state index contributed by atoms with van der Waals surface area (Å²) in [6, 6.07) is 11.3. The Kier molecular flexibility index (Phi) is 4.71. The summed E-state index contributed by atoms with van der Waals surface area (Å²) in [6.45, 7) is 1.15. The zero-order chi connectivity index (χ0) is 16.2. The lowest BCUT2D eigenvalue weighted by molar-refractivity contribution is -0.136. The molecule has 1 aliphatic heterocycles. The van der Waals surface area contributed by atoms with Crippen molar-refractivity contribution in [1.82, 2.24) is 9.88 Å². The Balaban J connectivity index is 1.62. The van der Waals surface area contributed by atoms with E-state index in [4.69, 9.17) is 0 Å². The minimum atomic E-state index is -0.0755. The molecule has 1 saturated heterocycles. The molecule has 0 radical (unpaired) electrons. The van der Waals surface area contributed by atoms with E-state index in [1.165, 1.54) is 0 Å². The van der Waals surface area contributed by atoms with Crippen molar-refractivity contribution in [3.05, 3.63) is 58.8 Å². The molecule has 118 valence electrons. The molecule has 23 heavy (non-hydrogen) atoms. The number of anilines is 1. The lowest BCUT2D eigenvalue weighted by atomic mass is 10.1. The van der Waals surface area contributed by atoms with Gasteiger partial charge in [0, 0.05) is 23.8 Å². The smallest absolute Gasteiger partial charge is 0.246 e. The highest BCUT2D eigenvalue weighted by Crippen LogP contribution is 2.17. The summed E-state index contributed by atoms with van der Waals surface area (Å²) in [4.78, 5) is 32.0. The number of nitrogens with zero attached hydrogens (tertiary/aromatic N) is 3. The van der Waals surface area contributed by atoms with Gasteiger partial charge in [0.1, 0.15) is 6.54 Å². The maximum absolute atomic E-state index is 12.4. The zero-order valence-corrected chi connectivity index (χ0v) is 14.1. The molecule has 0 atom stereocenters. The van der Waals surface area contributed by atoms with E-state index in [1.807, 2.05) is 30.3 Å². The molecule has 0 aliphatic carbocycles. The van der Waals surface area contributed by atoms with E-state index < -0.39 is 0 Å². The number of carbonyl (C=O) groups excluding carboxylic acids is 2. The van der Waals surface area contributed by atoms with Crippen molar-refractivity contribution < 1.29 is 9.59 Å². The van der Waals surface area contributed by atoms with Crippen molar-refractivity contribution in [3.63, 3.8) is 0 Å². The van der Waals surface area contributed by atoms with Gasteiger partial charge in [-0.3, -0.25) is 14.6 Å². The van der Waals surface area contributed by atoms with E-state index in [0.29, 0.717) is 19.5 Å². The quantitative estimate of drug-likeness (QED) is 0.828. The second kappa shape index (κ2) is 6.91.